The first-order valence-electron chi connectivity index (χ1n) is 9.70. The Morgan fingerprint density at radius 1 is 1.26 bits per heavy atom. The maximum Gasteiger partial charge on any atom is 0.191 e. The van der Waals surface area contributed by atoms with Crippen molar-refractivity contribution in [2.24, 2.45) is 10.9 Å². The molecule has 1 saturated heterocycles. The van der Waals surface area contributed by atoms with Crippen molar-refractivity contribution in [1.29, 1.82) is 0 Å². The lowest BCUT2D eigenvalue weighted by atomic mass is 10.0. The maximum absolute atomic E-state index is 13.5. The number of guanidine groups is 1. The molecule has 27 heavy (non-hydrogen) atoms. The molecule has 0 spiro atoms. The van der Waals surface area contributed by atoms with Gasteiger partial charge in [0.2, 0.25) is 0 Å². The number of nitrogens with one attached hydrogen (secondary N) is 2. The lowest BCUT2D eigenvalue weighted by Crippen LogP contribution is -2.39. The summed E-state index contributed by atoms with van der Waals surface area (Å²) in [5.74, 6) is 2.90. The van der Waals surface area contributed by atoms with Crippen LogP contribution in [0.25, 0.3) is 0 Å². The predicted molar refractivity (Wildman–Crippen MR) is 111 cm³/mol. The van der Waals surface area contributed by atoms with E-state index in [1.54, 1.807) is 24.9 Å². The zero-order valence-corrected chi connectivity index (χ0v) is 17.0. The first-order valence-corrected chi connectivity index (χ1v) is 10.9. The monoisotopic (exact) mass is 397 g/mol. The predicted octanol–water partition coefficient (Wildman–Crippen LogP) is 3.06. The molecule has 2 rings (SSSR count). The molecule has 1 aromatic carbocycles. The van der Waals surface area contributed by atoms with Gasteiger partial charge >= 0.3 is 0 Å². The minimum absolute atomic E-state index is 0.130. The molecule has 7 heteroatoms. The van der Waals surface area contributed by atoms with Gasteiger partial charge in [0.1, 0.15) is 5.82 Å². The number of hydrogen-bond acceptors (Lipinski definition) is 4. The summed E-state index contributed by atoms with van der Waals surface area (Å²) in [4.78, 5) is 4.22. The summed E-state index contributed by atoms with van der Waals surface area (Å²) < 4.78 is 24.7. The molecule has 1 aliphatic heterocycles. The number of halogens is 1. The molecule has 0 bridgehead atoms. The van der Waals surface area contributed by atoms with E-state index in [9.17, 15) is 4.39 Å². The van der Waals surface area contributed by atoms with Gasteiger partial charge in [-0.3, -0.25) is 4.99 Å². The molecular weight excluding hydrogens is 365 g/mol. The van der Waals surface area contributed by atoms with Crippen molar-refractivity contribution < 1.29 is 13.9 Å². The molecule has 1 aliphatic rings. The smallest absolute Gasteiger partial charge is 0.191 e. The zero-order chi connectivity index (χ0) is 19.2. The number of thioether (sulfide) groups is 1. The summed E-state index contributed by atoms with van der Waals surface area (Å²) in [6.07, 6.45) is 3.18. The summed E-state index contributed by atoms with van der Waals surface area (Å²) in [7, 11) is 1.77. The second-order valence-corrected chi connectivity index (χ2v) is 7.66. The lowest BCUT2D eigenvalue weighted by molar-refractivity contribution is 0.0203. The highest BCUT2D eigenvalue weighted by Crippen LogP contribution is 2.15. The zero-order valence-electron chi connectivity index (χ0n) is 16.2. The van der Waals surface area contributed by atoms with Gasteiger partial charge in [0.25, 0.3) is 0 Å². The number of hydrogen-bond donors (Lipinski definition) is 2. The van der Waals surface area contributed by atoms with E-state index >= 15 is 0 Å². The minimum atomic E-state index is -0.130. The molecule has 1 aromatic rings. The van der Waals surface area contributed by atoms with Crippen molar-refractivity contribution in [2.45, 2.75) is 25.0 Å². The second-order valence-electron chi connectivity index (χ2n) is 6.55. The van der Waals surface area contributed by atoms with E-state index in [1.165, 1.54) is 6.07 Å². The van der Waals surface area contributed by atoms with Gasteiger partial charge < -0.3 is 20.1 Å². The van der Waals surface area contributed by atoms with Gasteiger partial charge in [-0.25, -0.2) is 4.39 Å². The number of rotatable bonds is 11. The van der Waals surface area contributed by atoms with Crippen LogP contribution < -0.4 is 10.6 Å². The Bertz CT molecular complexity index is 554. The Balaban J connectivity index is 1.45. The van der Waals surface area contributed by atoms with Crippen LogP contribution in [0.5, 0.6) is 0 Å². The first kappa shape index (κ1) is 22.0. The first-order chi connectivity index (χ1) is 13.3. The molecule has 0 atom stereocenters. The number of aliphatic imine (C=N–C) groups is 1. The van der Waals surface area contributed by atoms with Crippen molar-refractivity contribution in [3.63, 3.8) is 0 Å². The SMILES string of the molecule is CN=C(NCCCOCC1CCOCC1)NCCSCc1ccccc1F. The maximum atomic E-state index is 13.5. The molecule has 0 amide bonds. The molecule has 0 aromatic heterocycles. The van der Waals surface area contributed by atoms with Crippen LogP contribution in [-0.2, 0) is 15.2 Å². The largest absolute Gasteiger partial charge is 0.381 e. The number of benzene rings is 1. The standard InChI is InChI=1S/C20H32FN3O2S/c1-22-20(23-9-4-11-26-15-17-7-12-25-13-8-17)24-10-14-27-16-18-5-2-3-6-19(18)21/h2-3,5-6,17H,4,7-16H2,1H3,(H2,22,23,24). The summed E-state index contributed by atoms with van der Waals surface area (Å²) in [6.45, 7) is 4.97. The van der Waals surface area contributed by atoms with E-state index in [2.05, 4.69) is 15.6 Å². The van der Waals surface area contributed by atoms with E-state index < -0.39 is 0 Å². The quantitative estimate of drug-likeness (QED) is 0.341. The third kappa shape index (κ3) is 9.44. The topological polar surface area (TPSA) is 54.9 Å². The fourth-order valence-electron chi connectivity index (χ4n) is 2.80. The summed E-state index contributed by atoms with van der Waals surface area (Å²) in [5.41, 5.74) is 0.755. The van der Waals surface area contributed by atoms with Crippen molar-refractivity contribution >= 4 is 17.7 Å². The normalized spacial score (nSPS) is 15.7. The molecule has 0 saturated carbocycles. The number of nitrogens with zero attached hydrogens (tertiary/aromatic N) is 1. The van der Waals surface area contributed by atoms with Crippen molar-refractivity contribution in [1.82, 2.24) is 10.6 Å². The van der Waals surface area contributed by atoms with Gasteiger partial charge in [-0.1, -0.05) is 18.2 Å². The van der Waals surface area contributed by atoms with Crippen LogP contribution in [0, 0.1) is 11.7 Å². The second kappa shape index (κ2) is 13.8. The highest BCUT2D eigenvalue weighted by molar-refractivity contribution is 7.98. The van der Waals surface area contributed by atoms with Gasteiger partial charge in [-0.15, -0.1) is 0 Å². The third-order valence-electron chi connectivity index (χ3n) is 4.43. The van der Waals surface area contributed by atoms with E-state index in [1.807, 2.05) is 12.1 Å². The van der Waals surface area contributed by atoms with Gasteiger partial charge in [0, 0.05) is 58.1 Å². The van der Waals surface area contributed by atoms with Gasteiger partial charge in [0.05, 0.1) is 0 Å². The summed E-state index contributed by atoms with van der Waals surface area (Å²) in [6, 6.07) is 6.93. The summed E-state index contributed by atoms with van der Waals surface area (Å²) in [5, 5.41) is 6.58. The minimum Gasteiger partial charge on any atom is -0.381 e. The van der Waals surface area contributed by atoms with Crippen molar-refractivity contribution in [2.75, 3.05) is 52.3 Å². The van der Waals surface area contributed by atoms with Crippen LogP contribution in [0.1, 0.15) is 24.8 Å². The van der Waals surface area contributed by atoms with E-state index in [0.29, 0.717) is 11.7 Å². The molecule has 0 aliphatic carbocycles. The van der Waals surface area contributed by atoms with Gasteiger partial charge in [0.15, 0.2) is 5.96 Å². The molecule has 0 unspecified atom stereocenters. The fourth-order valence-corrected chi connectivity index (χ4v) is 3.65. The van der Waals surface area contributed by atoms with Crippen LogP contribution in [0.4, 0.5) is 4.39 Å². The lowest BCUT2D eigenvalue weighted by Gasteiger charge is -2.21. The van der Waals surface area contributed by atoms with Crippen molar-refractivity contribution in [3.05, 3.63) is 35.6 Å². The van der Waals surface area contributed by atoms with Crippen LogP contribution in [0.2, 0.25) is 0 Å². The fraction of sp³-hybridized carbons (Fsp3) is 0.650. The van der Waals surface area contributed by atoms with Crippen LogP contribution in [-0.4, -0.2) is 58.3 Å². The van der Waals surface area contributed by atoms with E-state index in [4.69, 9.17) is 9.47 Å². The highest BCUT2D eigenvalue weighted by Gasteiger charge is 2.13. The van der Waals surface area contributed by atoms with Gasteiger partial charge in [-0.2, -0.15) is 11.8 Å². The average Bonchev–Trinajstić information content (AvgIpc) is 2.70. The van der Waals surface area contributed by atoms with Crippen LogP contribution >= 0.6 is 11.8 Å². The van der Waals surface area contributed by atoms with Crippen LogP contribution in [0.3, 0.4) is 0 Å². The van der Waals surface area contributed by atoms with Gasteiger partial charge in [-0.05, 0) is 36.8 Å². The third-order valence-corrected chi connectivity index (χ3v) is 5.44. The average molecular weight is 398 g/mol. The Labute approximate surface area is 166 Å². The Morgan fingerprint density at radius 3 is 2.81 bits per heavy atom. The Kier molecular flexibility index (Phi) is 11.2. The van der Waals surface area contributed by atoms with E-state index in [-0.39, 0.29) is 5.82 Å². The number of ether oxygens (including phenoxy) is 2. The Hall–Kier alpha value is -1.31. The summed E-state index contributed by atoms with van der Waals surface area (Å²) >= 11 is 1.71. The van der Waals surface area contributed by atoms with E-state index in [0.717, 1.165) is 76.1 Å². The molecule has 152 valence electrons. The molecule has 2 N–H and O–H groups in total. The molecular formula is C20H32FN3O2S. The van der Waals surface area contributed by atoms with Crippen molar-refractivity contribution in [3.8, 4) is 0 Å². The molecule has 1 heterocycles. The highest BCUT2D eigenvalue weighted by atomic mass is 32.2. The van der Waals surface area contributed by atoms with Crippen LogP contribution in [0.15, 0.2) is 29.3 Å². The molecule has 1 fully saturated rings. The molecule has 0 radical (unpaired) electrons. The Morgan fingerprint density at radius 2 is 2.04 bits per heavy atom. The molecule has 5 nitrogen and oxygen atoms in total.